The van der Waals surface area contributed by atoms with E-state index < -0.39 is 0 Å². The minimum absolute atomic E-state index is 0.0152. The number of nitrogens with zero attached hydrogens (tertiary/aromatic N) is 2. The largest absolute Gasteiger partial charge is 0.394 e. The molecule has 0 bridgehead atoms. The Morgan fingerprint density at radius 3 is 3.06 bits per heavy atom. The quantitative estimate of drug-likeness (QED) is 0.845. The van der Waals surface area contributed by atoms with E-state index >= 15 is 0 Å². The van der Waals surface area contributed by atoms with Gasteiger partial charge in [-0.05, 0) is 13.8 Å². The van der Waals surface area contributed by atoms with Gasteiger partial charge in [0, 0.05) is 13.1 Å². The molecule has 2 unspecified atom stereocenters. The van der Waals surface area contributed by atoms with E-state index in [-0.39, 0.29) is 24.7 Å². The molecular weight excluding hydrogens is 240 g/mol. The predicted octanol–water partition coefficient (Wildman–Crippen LogP) is 0.673. The molecule has 1 saturated heterocycles. The molecule has 1 aliphatic heterocycles. The third kappa shape index (κ3) is 2.65. The molecule has 1 aromatic rings. The molecule has 0 saturated carbocycles. The lowest BCUT2D eigenvalue weighted by Gasteiger charge is -2.35. The topological polar surface area (TPSA) is 62.7 Å². The van der Waals surface area contributed by atoms with E-state index in [2.05, 4.69) is 4.98 Å². The van der Waals surface area contributed by atoms with Gasteiger partial charge in [-0.3, -0.25) is 4.79 Å². The number of aliphatic hydroxyl groups is 1. The van der Waals surface area contributed by atoms with Crippen molar-refractivity contribution in [3.63, 3.8) is 0 Å². The van der Waals surface area contributed by atoms with Crippen LogP contribution in [0, 0.1) is 6.92 Å². The van der Waals surface area contributed by atoms with Crippen molar-refractivity contribution in [1.82, 2.24) is 9.88 Å². The van der Waals surface area contributed by atoms with Crippen molar-refractivity contribution in [2.45, 2.75) is 26.1 Å². The first-order valence-electron chi connectivity index (χ1n) is 5.57. The van der Waals surface area contributed by atoms with Crippen molar-refractivity contribution in [3.8, 4) is 0 Å². The Morgan fingerprint density at radius 2 is 2.47 bits per heavy atom. The summed E-state index contributed by atoms with van der Waals surface area (Å²) in [6, 6.07) is 0. The van der Waals surface area contributed by atoms with Crippen LogP contribution >= 0.6 is 11.3 Å². The fourth-order valence-electron chi connectivity index (χ4n) is 1.96. The molecule has 5 nitrogen and oxygen atoms in total. The summed E-state index contributed by atoms with van der Waals surface area (Å²) in [5.41, 5.74) is 2.44. The highest BCUT2D eigenvalue weighted by Gasteiger charge is 2.29. The third-order valence-corrected chi connectivity index (χ3v) is 3.67. The molecule has 2 heterocycles. The van der Waals surface area contributed by atoms with Crippen LogP contribution in [0.1, 0.15) is 22.3 Å². The molecule has 1 N–H and O–H groups in total. The average molecular weight is 256 g/mol. The Morgan fingerprint density at radius 1 is 1.71 bits per heavy atom. The van der Waals surface area contributed by atoms with Crippen LogP contribution in [0.3, 0.4) is 0 Å². The summed E-state index contributed by atoms with van der Waals surface area (Å²) in [5, 5.41) is 9.12. The third-order valence-electron chi connectivity index (χ3n) is 2.76. The Balaban J connectivity index is 2.11. The minimum Gasteiger partial charge on any atom is -0.394 e. The molecule has 0 spiro atoms. The number of carbonyl (C=O) groups is 1. The molecule has 0 radical (unpaired) electrons. The van der Waals surface area contributed by atoms with Gasteiger partial charge in [0.05, 0.1) is 30.0 Å². The van der Waals surface area contributed by atoms with Gasteiger partial charge in [-0.25, -0.2) is 4.98 Å². The summed E-state index contributed by atoms with van der Waals surface area (Å²) in [4.78, 5) is 18.7. The molecule has 0 aliphatic carbocycles. The first-order valence-corrected chi connectivity index (χ1v) is 6.45. The van der Waals surface area contributed by atoms with Crippen molar-refractivity contribution >= 4 is 17.2 Å². The van der Waals surface area contributed by atoms with Crippen molar-refractivity contribution in [3.05, 3.63) is 16.1 Å². The van der Waals surface area contributed by atoms with E-state index in [0.29, 0.717) is 18.0 Å². The van der Waals surface area contributed by atoms with Crippen molar-refractivity contribution in [2.75, 3.05) is 19.7 Å². The van der Waals surface area contributed by atoms with Crippen LogP contribution in [0.4, 0.5) is 0 Å². The number of ether oxygens (including phenoxy) is 1. The average Bonchev–Trinajstić information content (AvgIpc) is 2.73. The first-order chi connectivity index (χ1) is 8.11. The lowest BCUT2D eigenvalue weighted by molar-refractivity contribution is -0.0857. The molecule has 17 heavy (non-hydrogen) atoms. The van der Waals surface area contributed by atoms with Gasteiger partial charge in [0.25, 0.3) is 5.91 Å². The second-order valence-electron chi connectivity index (χ2n) is 4.23. The number of aryl methyl sites for hydroxylation is 1. The molecule has 1 fully saturated rings. The summed E-state index contributed by atoms with van der Waals surface area (Å²) in [6.07, 6.45) is -0.325. The normalized spacial score (nSPS) is 25.0. The van der Waals surface area contributed by atoms with Gasteiger partial charge >= 0.3 is 0 Å². The maximum Gasteiger partial charge on any atom is 0.266 e. The summed E-state index contributed by atoms with van der Waals surface area (Å²) in [7, 11) is 0. The number of amides is 1. The molecule has 1 aromatic heterocycles. The standard InChI is InChI=1S/C11H16N2O3S/c1-7-3-13(4-9(5-14)16-7)11(15)10-8(2)12-6-17-10/h6-7,9,14H,3-5H2,1-2H3. The van der Waals surface area contributed by atoms with Gasteiger partial charge in [0.15, 0.2) is 0 Å². The van der Waals surface area contributed by atoms with E-state index in [1.54, 1.807) is 10.4 Å². The number of morpholine rings is 1. The van der Waals surface area contributed by atoms with Gasteiger partial charge < -0.3 is 14.7 Å². The van der Waals surface area contributed by atoms with Gasteiger partial charge in [-0.2, -0.15) is 0 Å². The molecular formula is C11H16N2O3S. The lowest BCUT2D eigenvalue weighted by atomic mass is 10.2. The second-order valence-corrected chi connectivity index (χ2v) is 5.08. The zero-order valence-electron chi connectivity index (χ0n) is 9.92. The molecule has 94 valence electrons. The van der Waals surface area contributed by atoms with Crippen molar-refractivity contribution in [1.29, 1.82) is 0 Å². The van der Waals surface area contributed by atoms with E-state index in [4.69, 9.17) is 9.84 Å². The van der Waals surface area contributed by atoms with Crippen molar-refractivity contribution in [2.24, 2.45) is 0 Å². The Bertz CT molecular complexity index is 407. The van der Waals surface area contributed by atoms with Crippen LogP contribution in [0.5, 0.6) is 0 Å². The number of aliphatic hydroxyl groups excluding tert-OH is 1. The number of rotatable bonds is 2. The predicted molar refractivity (Wildman–Crippen MR) is 64.2 cm³/mol. The highest BCUT2D eigenvalue weighted by atomic mass is 32.1. The van der Waals surface area contributed by atoms with Crippen LogP contribution in [0.25, 0.3) is 0 Å². The number of thiazole rings is 1. The van der Waals surface area contributed by atoms with Crippen LogP contribution in [0.2, 0.25) is 0 Å². The summed E-state index contributed by atoms with van der Waals surface area (Å²) >= 11 is 1.36. The fraction of sp³-hybridized carbons (Fsp3) is 0.636. The number of carbonyl (C=O) groups excluding carboxylic acids is 1. The van der Waals surface area contributed by atoms with Gasteiger partial charge in [-0.15, -0.1) is 11.3 Å². The van der Waals surface area contributed by atoms with Gasteiger partial charge in [0.1, 0.15) is 4.88 Å². The minimum atomic E-state index is -0.282. The SMILES string of the molecule is Cc1ncsc1C(=O)N1CC(C)OC(CO)C1. The van der Waals surface area contributed by atoms with E-state index in [1.165, 1.54) is 11.3 Å². The number of aromatic nitrogens is 1. The maximum absolute atomic E-state index is 12.2. The summed E-state index contributed by atoms with van der Waals surface area (Å²) < 4.78 is 5.51. The molecule has 1 aliphatic rings. The molecule has 6 heteroatoms. The smallest absolute Gasteiger partial charge is 0.266 e. The van der Waals surface area contributed by atoms with E-state index in [9.17, 15) is 4.79 Å². The maximum atomic E-state index is 12.2. The molecule has 2 rings (SSSR count). The summed E-state index contributed by atoms with van der Waals surface area (Å²) in [5.74, 6) is -0.0152. The lowest BCUT2D eigenvalue weighted by Crippen LogP contribution is -2.50. The molecule has 0 aromatic carbocycles. The van der Waals surface area contributed by atoms with Crippen molar-refractivity contribution < 1.29 is 14.6 Å². The number of hydrogen-bond acceptors (Lipinski definition) is 5. The summed E-state index contributed by atoms with van der Waals surface area (Å²) in [6.45, 7) is 4.68. The Kier molecular flexibility index (Phi) is 3.76. The Hall–Kier alpha value is -0.980. The van der Waals surface area contributed by atoms with Crippen LogP contribution < -0.4 is 0 Å². The van der Waals surface area contributed by atoms with Gasteiger partial charge in [0.2, 0.25) is 0 Å². The van der Waals surface area contributed by atoms with Crippen LogP contribution in [-0.4, -0.2) is 52.8 Å². The monoisotopic (exact) mass is 256 g/mol. The van der Waals surface area contributed by atoms with Gasteiger partial charge in [-0.1, -0.05) is 0 Å². The number of hydrogen-bond donors (Lipinski definition) is 1. The highest BCUT2D eigenvalue weighted by molar-refractivity contribution is 7.11. The first kappa shape index (κ1) is 12.5. The highest BCUT2D eigenvalue weighted by Crippen LogP contribution is 2.19. The van der Waals surface area contributed by atoms with E-state index in [0.717, 1.165) is 5.69 Å². The van der Waals surface area contributed by atoms with Crippen LogP contribution in [0.15, 0.2) is 5.51 Å². The van der Waals surface area contributed by atoms with E-state index in [1.807, 2.05) is 13.8 Å². The molecule has 2 atom stereocenters. The molecule has 1 amide bonds. The second kappa shape index (κ2) is 5.12. The zero-order valence-corrected chi connectivity index (χ0v) is 10.7. The fourth-order valence-corrected chi connectivity index (χ4v) is 2.73. The zero-order chi connectivity index (χ0) is 12.4. The van der Waals surface area contributed by atoms with Crippen LogP contribution in [-0.2, 0) is 4.74 Å². The Labute approximate surface area is 104 Å².